The van der Waals surface area contributed by atoms with E-state index in [4.69, 9.17) is 10.8 Å². The number of rotatable bonds is 6. The van der Waals surface area contributed by atoms with Crippen LogP contribution in [-0.4, -0.2) is 40.8 Å². The van der Waals surface area contributed by atoms with Gasteiger partial charge in [0.2, 0.25) is 0 Å². The number of hydrogen-bond donors (Lipinski definition) is 2. The number of hydrogen-bond acceptors (Lipinski definition) is 6. The third-order valence-electron chi connectivity index (χ3n) is 2.76. The van der Waals surface area contributed by atoms with Crippen LogP contribution in [0.5, 0.6) is 0 Å². The first-order valence-electron chi connectivity index (χ1n) is 6.25. The Morgan fingerprint density at radius 3 is 2.80 bits per heavy atom. The molecule has 0 saturated heterocycles. The molecule has 0 unspecified atom stereocenters. The van der Waals surface area contributed by atoms with Gasteiger partial charge in [-0.1, -0.05) is 19.1 Å². The number of aromatic nitrogens is 6. The van der Waals surface area contributed by atoms with E-state index in [0.29, 0.717) is 24.0 Å². The van der Waals surface area contributed by atoms with Crippen LogP contribution in [0.2, 0.25) is 0 Å². The van der Waals surface area contributed by atoms with E-state index in [2.05, 4.69) is 34.2 Å². The summed E-state index contributed by atoms with van der Waals surface area (Å²) in [5, 5.41) is 20.6. The normalized spacial score (nSPS) is 11.2. The van der Waals surface area contributed by atoms with Gasteiger partial charge < -0.3 is 10.8 Å². The van der Waals surface area contributed by atoms with Crippen molar-refractivity contribution < 1.29 is 9.90 Å². The second-order valence-corrected chi connectivity index (χ2v) is 4.80. The van der Waals surface area contributed by atoms with Crippen molar-refractivity contribution in [2.24, 2.45) is 11.7 Å². The van der Waals surface area contributed by atoms with Crippen molar-refractivity contribution in [1.82, 2.24) is 29.8 Å². The first-order chi connectivity index (χ1) is 9.52. The van der Waals surface area contributed by atoms with Crippen LogP contribution in [0, 0.1) is 5.92 Å². The summed E-state index contributed by atoms with van der Waals surface area (Å²) in [6, 6.07) is 0. The van der Waals surface area contributed by atoms with Gasteiger partial charge in [-0.25, -0.2) is 19.1 Å². The summed E-state index contributed by atoms with van der Waals surface area (Å²) < 4.78 is 3.22. The van der Waals surface area contributed by atoms with Gasteiger partial charge in [0.1, 0.15) is 18.7 Å². The molecule has 2 aromatic heterocycles. The van der Waals surface area contributed by atoms with E-state index in [0.717, 1.165) is 6.54 Å². The Hall–Kier alpha value is -2.29. The number of carbonyl (C=O) groups is 1. The molecule has 9 heteroatoms. The highest BCUT2D eigenvalue weighted by Crippen LogP contribution is 2.08. The number of carboxylic acids is 1. The Labute approximate surface area is 115 Å². The van der Waals surface area contributed by atoms with Crippen LogP contribution in [0.1, 0.15) is 35.9 Å². The lowest BCUT2D eigenvalue weighted by Crippen LogP contribution is -2.17. The highest BCUT2D eigenvalue weighted by molar-refractivity contribution is 5.86. The lowest BCUT2D eigenvalue weighted by atomic mass is 10.2. The molecule has 9 nitrogen and oxygen atoms in total. The minimum absolute atomic E-state index is 0.0486. The van der Waals surface area contributed by atoms with Crippen LogP contribution >= 0.6 is 0 Å². The molecule has 0 saturated carbocycles. The molecular formula is C11H17N7O2. The fourth-order valence-electron chi connectivity index (χ4n) is 1.87. The molecule has 0 spiro atoms. The number of nitrogens with two attached hydrogens (primary N) is 1. The fraction of sp³-hybridized carbons (Fsp3) is 0.545. The zero-order valence-corrected chi connectivity index (χ0v) is 11.4. The molecule has 2 aromatic rings. The van der Waals surface area contributed by atoms with Crippen molar-refractivity contribution in [1.29, 1.82) is 0 Å². The maximum absolute atomic E-state index is 11.0. The Balaban J connectivity index is 2.26. The highest BCUT2D eigenvalue weighted by atomic mass is 16.4. The molecule has 108 valence electrons. The summed E-state index contributed by atoms with van der Waals surface area (Å²) in [6.07, 6.45) is 1.47. The quantitative estimate of drug-likeness (QED) is 0.745. The van der Waals surface area contributed by atoms with E-state index >= 15 is 0 Å². The maximum Gasteiger partial charge on any atom is 0.358 e. The van der Waals surface area contributed by atoms with Crippen LogP contribution in [0.15, 0.2) is 6.33 Å². The van der Waals surface area contributed by atoms with Crippen molar-refractivity contribution in [2.75, 3.05) is 0 Å². The molecule has 0 aliphatic heterocycles. The molecule has 2 heterocycles. The Morgan fingerprint density at radius 2 is 2.20 bits per heavy atom. The van der Waals surface area contributed by atoms with Crippen molar-refractivity contribution in [3.63, 3.8) is 0 Å². The van der Waals surface area contributed by atoms with Crippen molar-refractivity contribution in [3.8, 4) is 0 Å². The lowest BCUT2D eigenvalue weighted by Gasteiger charge is -2.09. The second kappa shape index (κ2) is 5.78. The van der Waals surface area contributed by atoms with Crippen LogP contribution in [-0.2, 0) is 19.6 Å². The standard InChI is InChI=1S/C11H17N7O2/c1-7(2)4-18-9(13-6-14-18)5-17-8(3-12)10(11(19)20)15-16-17/h6-7H,3-5,12H2,1-2H3,(H,19,20). The molecule has 0 aromatic carbocycles. The van der Waals surface area contributed by atoms with Crippen molar-refractivity contribution >= 4 is 5.97 Å². The van der Waals surface area contributed by atoms with E-state index in [1.54, 1.807) is 4.68 Å². The zero-order chi connectivity index (χ0) is 14.7. The van der Waals surface area contributed by atoms with E-state index in [9.17, 15) is 4.79 Å². The van der Waals surface area contributed by atoms with Gasteiger partial charge in [0.05, 0.1) is 5.69 Å². The predicted molar refractivity (Wildman–Crippen MR) is 68.8 cm³/mol. The molecule has 0 fully saturated rings. The smallest absolute Gasteiger partial charge is 0.358 e. The topological polar surface area (TPSA) is 125 Å². The molecular weight excluding hydrogens is 262 g/mol. The summed E-state index contributed by atoms with van der Waals surface area (Å²) in [6.45, 7) is 5.23. The second-order valence-electron chi connectivity index (χ2n) is 4.80. The zero-order valence-electron chi connectivity index (χ0n) is 11.4. The van der Waals surface area contributed by atoms with Crippen LogP contribution in [0.4, 0.5) is 0 Å². The lowest BCUT2D eigenvalue weighted by molar-refractivity contribution is 0.0689. The molecule has 0 amide bonds. The molecule has 20 heavy (non-hydrogen) atoms. The third kappa shape index (κ3) is 2.82. The van der Waals surface area contributed by atoms with E-state index in [1.807, 2.05) is 0 Å². The summed E-state index contributed by atoms with van der Waals surface area (Å²) in [5.41, 5.74) is 5.82. The summed E-state index contributed by atoms with van der Waals surface area (Å²) in [4.78, 5) is 15.2. The first-order valence-corrected chi connectivity index (χ1v) is 6.25. The van der Waals surface area contributed by atoms with Crippen molar-refractivity contribution in [3.05, 3.63) is 23.5 Å². The van der Waals surface area contributed by atoms with Crippen LogP contribution in [0.3, 0.4) is 0 Å². The van der Waals surface area contributed by atoms with Gasteiger partial charge in [-0.15, -0.1) is 5.10 Å². The van der Waals surface area contributed by atoms with Crippen LogP contribution in [0.25, 0.3) is 0 Å². The number of carboxylic acid groups (broad SMARTS) is 1. The Bertz CT molecular complexity index is 602. The summed E-state index contributed by atoms with van der Waals surface area (Å²) in [7, 11) is 0. The van der Waals surface area contributed by atoms with Gasteiger partial charge >= 0.3 is 5.97 Å². The average Bonchev–Trinajstić information content (AvgIpc) is 2.96. The Kier molecular flexibility index (Phi) is 4.08. The third-order valence-corrected chi connectivity index (χ3v) is 2.76. The van der Waals surface area contributed by atoms with Gasteiger partial charge in [0.15, 0.2) is 5.69 Å². The van der Waals surface area contributed by atoms with E-state index in [-0.39, 0.29) is 12.2 Å². The summed E-state index contributed by atoms with van der Waals surface area (Å²) >= 11 is 0. The monoisotopic (exact) mass is 279 g/mol. The van der Waals surface area contributed by atoms with Crippen molar-refractivity contribution in [2.45, 2.75) is 33.5 Å². The summed E-state index contributed by atoms with van der Waals surface area (Å²) in [5.74, 6) is -0.0228. The molecule has 0 aliphatic rings. The maximum atomic E-state index is 11.0. The average molecular weight is 279 g/mol. The minimum atomic E-state index is -1.14. The van der Waals surface area contributed by atoms with Crippen LogP contribution < -0.4 is 5.73 Å². The SMILES string of the molecule is CC(C)Cn1ncnc1Cn1nnc(C(=O)O)c1CN. The molecule has 0 atom stereocenters. The van der Waals surface area contributed by atoms with Gasteiger partial charge in [0.25, 0.3) is 0 Å². The van der Waals surface area contributed by atoms with Gasteiger partial charge in [-0.05, 0) is 5.92 Å². The van der Waals surface area contributed by atoms with Gasteiger partial charge in [-0.2, -0.15) is 5.10 Å². The van der Waals surface area contributed by atoms with E-state index in [1.165, 1.54) is 11.0 Å². The Morgan fingerprint density at radius 1 is 1.45 bits per heavy atom. The van der Waals surface area contributed by atoms with Gasteiger partial charge in [-0.3, -0.25) is 0 Å². The predicted octanol–water partition coefficient (Wildman–Crippen LogP) is -0.269. The number of aromatic carboxylic acids is 1. The first kappa shape index (κ1) is 14.1. The molecule has 2 rings (SSSR count). The number of nitrogens with zero attached hydrogens (tertiary/aromatic N) is 6. The van der Waals surface area contributed by atoms with E-state index < -0.39 is 5.97 Å². The molecule has 0 aliphatic carbocycles. The highest BCUT2D eigenvalue weighted by Gasteiger charge is 2.19. The van der Waals surface area contributed by atoms with Gasteiger partial charge in [0, 0.05) is 13.1 Å². The molecule has 0 bridgehead atoms. The minimum Gasteiger partial charge on any atom is -0.476 e. The fourth-order valence-corrected chi connectivity index (χ4v) is 1.87. The largest absolute Gasteiger partial charge is 0.476 e. The molecule has 3 N–H and O–H groups in total. The molecule has 0 radical (unpaired) electrons.